The van der Waals surface area contributed by atoms with Crippen LogP contribution in [-0.2, 0) is 22.7 Å². The number of ether oxygens (including phenoxy) is 1. The van der Waals surface area contributed by atoms with E-state index in [-0.39, 0.29) is 6.42 Å². The summed E-state index contributed by atoms with van der Waals surface area (Å²) in [5.74, 6) is -0.171. The number of hydrogen-bond donors (Lipinski definition) is 1. The molecule has 112 valence electrons. The lowest BCUT2D eigenvalue weighted by Crippen LogP contribution is -2.25. The minimum absolute atomic E-state index is 0.0671. The zero-order chi connectivity index (χ0) is 15.1. The number of para-hydroxylation sites is 1. The predicted molar refractivity (Wildman–Crippen MR) is 77.0 cm³/mol. The van der Waals surface area contributed by atoms with Crippen molar-refractivity contribution in [2.75, 3.05) is 18.6 Å². The molecule has 2 aromatic rings. The first kappa shape index (κ1) is 15.1. The summed E-state index contributed by atoms with van der Waals surface area (Å²) in [6.45, 7) is 1.27. The third-order valence-corrected chi connectivity index (χ3v) is 2.96. The molecule has 0 aliphatic heterocycles. The molecule has 0 unspecified atom stereocenters. The van der Waals surface area contributed by atoms with Crippen LogP contribution in [0.25, 0.3) is 0 Å². The number of nitrogens with zero attached hydrogens (tertiary/aromatic N) is 2. The lowest BCUT2D eigenvalue weighted by atomic mass is 10.2. The van der Waals surface area contributed by atoms with Crippen LogP contribution < -0.4 is 4.90 Å². The summed E-state index contributed by atoms with van der Waals surface area (Å²) in [6.07, 6.45) is 0.0671. The first-order valence-electron chi connectivity index (χ1n) is 6.64. The molecule has 0 saturated heterocycles. The van der Waals surface area contributed by atoms with E-state index in [1.165, 1.54) is 0 Å². The van der Waals surface area contributed by atoms with Crippen molar-refractivity contribution in [3.8, 4) is 0 Å². The quantitative estimate of drug-likeness (QED) is 0.804. The molecule has 0 fully saturated rings. The first-order valence-corrected chi connectivity index (χ1v) is 6.64. The van der Waals surface area contributed by atoms with Gasteiger partial charge < -0.3 is 19.3 Å². The molecule has 0 aliphatic rings. The van der Waals surface area contributed by atoms with E-state index in [9.17, 15) is 4.79 Å². The van der Waals surface area contributed by atoms with E-state index >= 15 is 0 Å². The second-order valence-corrected chi connectivity index (χ2v) is 4.62. The number of methoxy groups -OCH3 is 1. The molecule has 1 aromatic carbocycles. The van der Waals surface area contributed by atoms with Crippen LogP contribution in [0.15, 0.2) is 40.9 Å². The van der Waals surface area contributed by atoms with Gasteiger partial charge in [-0.05, 0) is 12.1 Å². The molecule has 6 heteroatoms. The smallest absolute Gasteiger partial charge is 0.305 e. The zero-order valence-electron chi connectivity index (χ0n) is 11.9. The third-order valence-electron chi connectivity index (χ3n) is 2.96. The molecule has 0 atom stereocenters. The summed E-state index contributed by atoms with van der Waals surface area (Å²) in [4.78, 5) is 12.8. The third kappa shape index (κ3) is 4.61. The Morgan fingerprint density at radius 3 is 2.81 bits per heavy atom. The number of benzene rings is 1. The maximum Gasteiger partial charge on any atom is 0.305 e. The second kappa shape index (κ2) is 7.44. The molecule has 0 spiro atoms. The molecule has 0 amide bonds. The van der Waals surface area contributed by atoms with E-state index in [1.54, 1.807) is 7.11 Å². The highest BCUT2D eigenvalue weighted by Crippen LogP contribution is 2.17. The molecule has 1 heterocycles. The first-order chi connectivity index (χ1) is 10.2. The summed E-state index contributed by atoms with van der Waals surface area (Å²) in [6, 6.07) is 11.5. The van der Waals surface area contributed by atoms with Crippen LogP contribution in [0.4, 0.5) is 5.69 Å². The van der Waals surface area contributed by atoms with Crippen LogP contribution in [0.2, 0.25) is 0 Å². The van der Waals surface area contributed by atoms with Gasteiger partial charge in [-0.1, -0.05) is 23.4 Å². The summed E-state index contributed by atoms with van der Waals surface area (Å²) in [5.41, 5.74) is 1.70. The van der Waals surface area contributed by atoms with Gasteiger partial charge in [-0.3, -0.25) is 4.79 Å². The lowest BCUT2D eigenvalue weighted by molar-refractivity contribution is -0.136. The Morgan fingerprint density at radius 2 is 2.14 bits per heavy atom. The van der Waals surface area contributed by atoms with Crippen molar-refractivity contribution >= 4 is 11.7 Å². The summed E-state index contributed by atoms with van der Waals surface area (Å²) in [5, 5.41) is 12.9. The lowest BCUT2D eigenvalue weighted by Gasteiger charge is -2.22. The van der Waals surface area contributed by atoms with E-state index in [4.69, 9.17) is 14.4 Å². The molecule has 2 rings (SSSR count). The molecular formula is C15H18N2O4. The van der Waals surface area contributed by atoms with Crippen LogP contribution in [0.3, 0.4) is 0 Å². The SMILES string of the molecule is COCc1cc(CN(CCC(=O)O)c2ccccc2)no1. The van der Waals surface area contributed by atoms with E-state index < -0.39 is 5.97 Å². The number of aromatic nitrogens is 1. The highest BCUT2D eigenvalue weighted by atomic mass is 16.5. The van der Waals surface area contributed by atoms with Crippen LogP contribution >= 0.6 is 0 Å². The number of carboxylic acids is 1. The normalized spacial score (nSPS) is 10.5. The van der Waals surface area contributed by atoms with Crippen molar-refractivity contribution in [2.45, 2.75) is 19.6 Å². The molecule has 1 aromatic heterocycles. The molecule has 1 N–H and O–H groups in total. The number of hydrogen-bond acceptors (Lipinski definition) is 5. The molecule has 6 nitrogen and oxygen atoms in total. The fourth-order valence-corrected chi connectivity index (χ4v) is 2.00. The van der Waals surface area contributed by atoms with E-state index in [1.807, 2.05) is 41.3 Å². The Hall–Kier alpha value is -2.34. The largest absolute Gasteiger partial charge is 0.481 e. The minimum atomic E-state index is -0.823. The number of anilines is 1. The highest BCUT2D eigenvalue weighted by Gasteiger charge is 2.12. The Morgan fingerprint density at radius 1 is 1.38 bits per heavy atom. The van der Waals surface area contributed by atoms with Crippen molar-refractivity contribution in [3.63, 3.8) is 0 Å². The summed E-state index contributed by atoms with van der Waals surface area (Å²) < 4.78 is 10.1. The maximum atomic E-state index is 10.8. The van der Waals surface area contributed by atoms with Crippen molar-refractivity contribution < 1.29 is 19.2 Å². The fraction of sp³-hybridized carbons (Fsp3) is 0.333. The van der Waals surface area contributed by atoms with Gasteiger partial charge in [0.15, 0.2) is 5.76 Å². The number of carboxylic acid groups (broad SMARTS) is 1. The van der Waals surface area contributed by atoms with Gasteiger partial charge in [-0.25, -0.2) is 0 Å². The van der Waals surface area contributed by atoms with Crippen molar-refractivity contribution in [2.24, 2.45) is 0 Å². The monoisotopic (exact) mass is 290 g/mol. The Labute approximate surface area is 122 Å². The topological polar surface area (TPSA) is 75.8 Å². The van der Waals surface area contributed by atoms with Crippen molar-refractivity contribution in [3.05, 3.63) is 47.9 Å². The van der Waals surface area contributed by atoms with Gasteiger partial charge in [0.1, 0.15) is 12.3 Å². The second-order valence-electron chi connectivity index (χ2n) is 4.62. The van der Waals surface area contributed by atoms with Gasteiger partial charge >= 0.3 is 5.97 Å². The summed E-state index contributed by atoms with van der Waals surface area (Å²) in [7, 11) is 1.59. The number of rotatable bonds is 8. The van der Waals surface area contributed by atoms with Gasteiger partial charge in [0.2, 0.25) is 0 Å². The van der Waals surface area contributed by atoms with Gasteiger partial charge in [-0.2, -0.15) is 0 Å². The molecule has 0 radical (unpaired) electrons. The number of carbonyl (C=O) groups is 1. The molecule has 0 saturated carbocycles. The maximum absolute atomic E-state index is 10.8. The van der Waals surface area contributed by atoms with Gasteiger partial charge in [-0.15, -0.1) is 0 Å². The Kier molecular flexibility index (Phi) is 5.34. The van der Waals surface area contributed by atoms with Crippen LogP contribution in [0, 0.1) is 0 Å². The van der Waals surface area contributed by atoms with Crippen molar-refractivity contribution in [1.29, 1.82) is 0 Å². The Balaban J connectivity index is 2.09. The van der Waals surface area contributed by atoms with E-state index in [0.717, 1.165) is 11.4 Å². The minimum Gasteiger partial charge on any atom is -0.481 e. The van der Waals surface area contributed by atoms with E-state index in [2.05, 4.69) is 5.16 Å². The zero-order valence-corrected chi connectivity index (χ0v) is 11.9. The average molecular weight is 290 g/mol. The highest BCUT2D eigenvalue weighted by molar-refractivity contribution is 5.67. The fourth-order valence-electron chi connectivity index (χ4n) is 2.00. The van der Waals surface area contributed by atoms with Crippen LogP contribution in [0.5, 0.6) is 0 Å². The average Bonchev–Trinajstić information content (AvgIpc) is 2.92. The summed E-state index contributed by atoms with van der Waals surface area (Å²) >= 11 is 0. The Bertz CT molecular complexity index is 568. The predicted octanol–water partition coefficient (Wildman–Crippen LogP) is 2.30. The molecule has 0 bridgehead atoms. The van der Waals surface area contributed by atoms with Crippen LogP contribution in [0.1, 0.15) is 17.9 Å². The van der Waals surface area contributed by atoms with Gasteiger partial charge in [0, 0.05) is 25.4 Å². The standard InChI is InChI=1S/C15H18N2O4/c1-20-11-14-9-12(16-21-14)10-17(8-7-15(18)19)13-5-3-2-4-6-13/h2-6,9H,7-8,10-11H2,1H3,(H,18,19). The molecule has 0 aliphatic carbocycles. The van der Waals surface area contributed by atoms with Crippen molar-refractivity contribution in [1.82, 2.24) is 5.16 Å². The molecular weight excluding hydrogens is 272 g/mol. The van der Waals surface area contributed by atoms with Crippen LogP contribution in [-0.4, -0.2) is 29.9 Å². The number of aliphatic carboxylic acids is 1. The van der Waals surface area contributed by atoms with E-state index in [0.29, 0.717) is 25.5 Å². The van der Waals surface area contributed by atoms with Gasteiger partial charge in [0.25, 0.3) is 0 Å². The van der Waals surface area contributed by atoms with Gasteiger partial charge in [0.05, 0.1) is 13.0 Å². The molecule has 21 heavy (non-hydrogen) atoms.